The smallest absolute Gasteiger partial charge is 0.191 e. The van der Waals surface area contributed by atoms with Gasteiger partial charge in [-0.05, 0) is 48.9 Å². The molecule has 0 atom stereocenters. The van der Waals surface area contributed by atoms with Gasteiger partial charge in [-0.3, -0.25) is 4.99 Å². The largest absolute Gasteiger partial charge is 0.497 e. The summed E-state index contributed by atoms with van der Waals surface area (Å²) in [5.74, 6) is 1.14. The third-order valence-corrected chi connectivity index (χ3v) is 3.62. The van der Waals surface area contributed by atoms with E-state index >= 15 is 0 Å². The van der Waals surface area contributed by atoms with Crippen molar-refractivity contribution in [2.24, 2.45) is 4.99 Å². The molecule has 0 aromatic heterocycles. The van der Waals surface area contributed by atoms with Crippen LogP contribution in [0.3, 0.4) is 0 Å². The summed E-state index contributed by atoms with van der Waals surface area (Å²) >= 11 is 0. The molecule has 0 heterocycles. The summed E-state index contributed by atoms with van der Waals surface area (Å²) in [5, 5.41) is 6.05. The number of hydrogen-bond donors (Lipinski definition) is 2. The Balaban J connectivity index is 1.67. The normalized spacial score (nSPS) is 11.2. The SMILES string of the molecule is CN=C(NCCCOc1ccc(OC)cc1)NCc1cc(F)ccc1F. The molecule has 0 spiro atoms. The molecule has 0 saturated carbocycles. The minimum atomic E-state index is -0.471. The van der Waals surface area contributed by atoms with Crippen molar-refractivity contribution in [1.29, 1.82) is 0 Å². The highest BCUT2D eigenvalue weighted by Gasteiger charge is 2.05. The van der Waals surface area contributed by atoms with Crippen molar-refractivity contribution >= 4 is 5.96 Å². The summed E-state index contributed by atoms with van der Waals surface area (Å²) in [5.41, 5.74) is 0.246. The fourth-order valence-corrected chi connectivity index (χ4v) is 2.22. The van der Waals surface area contributed by atoms with Gasteiger partial charge in [0.1, 0.15) is 23.1 Å². The van der Waals surface area contributed by atoms with E-state index < -0.39 is 11.6 Å². The highest BCUT2D eigenvalue weighted by Crippen LogP contribution is 2.16. The molecule has 2 aromatic rings. The van der Waals surface area contributed by atoms with Crippen molar-refractivity contribution in [1.82, 2.24) is 10.6 Å². The standard InChI is InChI=1S/C19H23F2N3O2/c1-22-19(24-13-14-12-15(20)4-9-18(14)21)23-10-3-11-26-17-7-5-16(25-2)6-8-17/h4-9,12H,3,10-11,13H2,1-2H3,(H2,22,23,24). The molecule has 0 amide bonds. The first kappa shape index (κ1) is 19.5. The van der Waals surface area contributed by atoms with Gasteiger partial charge < -0.3 is 20.1 Å². The highest BCUT2D eigenvalue weighted by molar-refractivity contribution is 5.79. The van der Waals surface area contributed by atoms with Crippen molar-refractivity contribution in [2.45, 2.75) is 13.0 Å². The van der Waals surface area contributed by atoms with Crippen LogP contribution >= 0.6 is 0 Å². The fourth-order valence-electron chi connectivity index (χ4n) is 2.22. The van der Waals surface area contributed by atoms with Crippen molar-refractivity contribution in [3.63, 3.8) is 0 Å². The average Bonchev–Trinajstić information content (AvgIpc) is 2.67. The van der Waals surface area contributed by atoms with Gasteiger partial charge in [-0.25, -0.2) is 8.78 Å². The Kier molecular flexibility index (Phi) is 7.67. The summed E-state index contributed by atoms with van der Waals surface area (Å²) in [4.78, 5) is 4.05. The molecule has 5 nitrogen and oxygen atoms in total. The zero-order valence-corrected chi connectivity index (χ0v) is 14.9. The Morgan fingerprint density at radius 3 is 2.46 bits per heavy atom. The third-order valence-electron chi connectivity index (χ3n) is 3.62. The maximum atomic E-state index is 13.6. The molecule has 0 saturated heterocycles. The Bertz CT molecular complexity index is 721. The first-order valence-corrected chi connectivity index (χ1v) is 8.27. The molecule has 0 aliphatic carbocycles. The third kappa shape index (κ3) is 6.23. The van der Waals surface area contributed by atoms with Gasteiger partial charge in [0.25, 0.3) is 0 Å². The molecule has 0 aliphatic heterocycles. The maximum absolute atomic E-state index is 13.6. The summed E-state index contributed by atoms with van der Waals surface area (Å²) in [6.45, 7) is 1.31. The molecule has 0 unspecified atom stereocenters. The molecular weight excluding hydrogens is 340 g/mol. The van der Waals surface area contributed by atoms with Crippen LogP contribution in [0.25, 0.3) is 0 Å². The van der Waals surface area contributed by atoms with Crippen LogP contribution in [0.15, 0.2) is 47.5 Å². The van der Waals surface area contributed by atoms with E-state index in [1.54, 1.807) is 14.2 Å². The van der Waals surface area contributed by atoms with Gasteiger partial charge in [0.2, 0.25) is 0 Å². The lowest BCUT2D eigenvalue weighted by Gasteiger charge is -2.13. The number of hydrogen-bond acceptors (Lipinski definition) is 3. The summed E-state index contributed by atoms with van der Waals surface area (Å²) in [6, 6.07) is 10.7. The molecule has 7 heteroatoms. The van der Waals surface area contributed by atoms with E-state index in [4.69, 9.17) is 9.47 Å². The van der Waals surface area contributed by atoms with Crippen LogP contribution in [0.2, 0.25) is 0 Å². The van der Waals surface area contributed by atoms with E-state index in [1.165, 1.54) is 0 Å². The highest BCUT2D eigenvalue weighted by atomic mass is 19.1. The zero-order valence-electron chi connectivity index (χ0n) is 14.9. The van der Waals surface area contributed by atoms with Crippen LogP contribution < -0.4 is 20.1 Å². The van der Waals surface area contributed by atoms with Crippen LogP contribution in [0.5, 0.6) is 11.5 Å². The number of rotatable bonds is 8. The number of halogens is 2. The van der Waals surface area contributed by atoms with E-state index in [1.807, 2.05) is 24.3 Å². The average molecular weight is 363 g/mol. The number of methoxy groups -OCH3 is 1. The number of benzene rings is 2. The summed E-state index contributed by atoms with van der Waals surface area (Å²) in [7, 11) is 3.23. The van der Waals surface area contributed by atoms with Gasteiger partial charge >= 0.3 is 0 Å². The second-order valence-corrected chi connectivity index (χ2v) is 5.47. The second kappa shape index (κ2) is 10.2. The van der Waals surface area contributed by atoms with Gasteiger partial charge in [-0.1, -0.05) is 0 Å². The lowest BCUT2D eigenvalue weighted by atomic mass is 10.2. The summed E-state index contributed by atoms with van der Waals surface area (Å²) in [6.07, 6.45) is 0.751. The minimum absolute atomic E-state index is 0.144. The van der Waals surface area contributed by atoms with Crippen LogP contribution in [0, 0.1) is 11.6 Å². The van der Waals surface area contributed by atoms with Crippen molar-refractivity contribution in [3.8, 4) is 11.5 Å². The van der Waals surface area contributed by atoms with Crippen LogP contribution in [0.1, 0.15) is 12.0 Å². The predicted octanol–water partition coefficient (Wildman–Crippen LogP) is 3.11. The topological polar surface area (TPSA) is 54.9 Å². The molecule has 0 radical (unpaired) electrons. The van der Waals surface area contributed by atoms with Crippen molar-refractivity contribution in [3.05, 3.63) is 59.7 Å². The van der Waals surface area contributed by atoms with Gasteiger partial charge in [0, 0.05) is 25.7 Å². The fraction of sp³-hybridized carbons (Fsp3) is 0.316. The van der Waals surface area contributed by atoms with Gasteiger partial charge in [0.05, 0.1) is 13.7 Å². The minimum Gasteiger partial charge on any atom is -0.497 e. The van der Waals surface area contributed by atoms with Crippen LogP contribution in [-0.2, 0) is 6.54 Å². The molecule has 2 rings (SSSR count). The number of nitrogens with one attached hydrogen (secondary N) is 2. The lowest BCUT2D eigenvalue weighted by molar-refractivity contribution is 0.310. The second-order valence-electron chi connectivity index (χ2n) is 5.47. The first-order chi connectivity index (χ1) is 12.6. The molecule has 140 valence electrons. The van der Waals surface area contributed by atoms with E-state index in [2.05, 4.69) is 15.6 Å². The van der Waals surface area contributed by atoms with Crippen molar-refractivity contribution in [2.75, 3.05) is 27.3 Å². The van der Waals surface area contributed by atoms with E-state index in [9.17, 15) is 8.78 Å². The van der Waals surface area contributed by atoms with Crippen LogP contribution in [-0.4, -0.2) is 33.3 Å². The first-order valence-electron chi connectivity index (χ1n) is 8.27. The molecular formula is C19H23F2N3O2. The van der Waals surface area contributed by atoms with E-state index in [-0.39, 0.29) is 12.1 Å². The summed E-state index contributed by atoms with van der Waals surface area (Å²) < 4.78 is 37.5. The Labute approximate surface area is 152 Å². The van der Waals surface area contributed by atoms with Gasteiger partial charge in [-0.15, -0.1) is 0 Å². The number of aliphatic imine (C=N–C) groups is 1. The Hall–Kier alpha value is -2.83. The number of ether oxygens (including phenoxy) is 2. The molecule has 2 N–H and O–H groups in total. The molecule has 26 heavy (non-hydrogen) atoms. The van der Waals surface area contributed by atoms with Gasteiger partial charge in [0.15, 0.2) is 5.96 Å². The molecule has 0 fully saturated rings. The Morgan fingerprint density at radius 1 is 1.04 bits per heavy atom. The molecule has 0 aliphatic rings. The zero-order chi connectivity index (χ0) is 18.8. The van der Waals surface area contributed by atoms with E-state index in [0.717, 1.165) is 36.1 Å². The monoisotopic (exact) mass is 363 g/mol. The van der Waals surface area contributed by atoms with E-state index in [0.29, 0.717) is 19.1 Å². The number of guanidine groups is 1. The van der Waals surface area contributed by atoms with Crippen molar-refractivity contribution < 1.29 is 18.3 Å². The molecule has 0 bridgehead atoms. The van der Waals surface area contributed by atoms with Gasteiger partial charge in [-0.2, -0.15) is 0 Å². The Morgan fingerprint density at radius 2 is 1.77 bits per heavy atom. The molecule has 2 aromatic carbocycles. The lowest BCUT2D eigenvalue weighted by Crippen LogP contribution is -2.37. The number of nitrogens with zero attached hydrogens (tertiary/aromatic N) is 1. The van der Waals surface area contributed by atoms with Crippen LogP contribution in [0.4, 0.5) is 8.78 Å². The maximum Gasteiger partial charge on any atom is 0.191 e. The quantitative estimate of drug-likeness (QED) is 0.430. The predicted molar refractivity (Wildman–Crippen MR) is 97.7 cm³/mol.